The number of carbonyl (C=O) groups is 1. The van der Waals surface area contributed by atoms with Gasteiger partial charge in [-0.1, -0.05) is 13.8 Å². The number of hydrogen-bond donors (Lipinski definition) is 1. The fourth-order valence-corrected chi connectivity index (χ4v) is 1.84. The summed E-state index contributed by atoms with van der Waals surface area (Å²) in [6.07, 6.45) is 0. The van der Waals surface area contributed by atoms with E-state index in [0.717, 1.165) is 5.69 Å². The summed E-state index contributed by atoms with van der Waals surface area (Å²) in [5.41, 5.74) is 2.18. The molecular formula is C13H17N3O3. The first-order valence-electron chi connectivity index (χ1n) is 6.24. The maximum atomic E-state index is 11.8. The number of carbonyl (C=O) groups excluding carboxylic acids is 1. The fraction of sp³-hybridized carbons (Fsp3) is 0.462. The zero-order chi connectivity index (χ0) is 14.0. The predicted molar refractivity (Wildman–Crippen MR) is 69.0 cm³/mol. The van der Waals surface area contributed by atoms with Gasteiger partial charge in [0.05, 0.1) is 18.9 Å². The van der Waals surface area contributed by atoms with Gasteiger partial charge in [-0.25, -0.2) is 14.3 Å². The summed E-state index contributed by atoms with van der Waals surface area (Å²) >= 11 is 0. The zero-order valence-corrected chi connectivity index (χ0v) is 11.3. The summed E-state index contributed by atoms with van der Waals surface area (Å²) in [6.45, 7) is 5.91. The topological polar surface area (TPSA) is 76.7 Å². The lowest BCUT2D eigenvalue weighted by molar-refractivity contribution is 0.0519. The normalized spacial score (nSPS) is 11.2. The minimum atomic E-state index is -0.446. The summed E-state index contributed by atoms with van der Waals surface area (Å²) < 4.78 is 6.62. The van der Waals surface area contributed by atoms with Crippen LogP contribution in [-0.2, 0) is 11.3 Å². The van der Waals surface area contributed by atoms with Crippen LogP contribution in [0.1, 0.15) is 48.6 Å². The van der Waals surface area contributed by atoms with Gasteiger partial charge < -0.3 is 9.84 Å². The van der Waals surface area contributed by atoms with Crippen molar-refractivity contribution in [1.29, 1.82) is 0 Å². The number of aliphatic hydroxyl groups excluding tert-OH is 1. The van der Waals surface area contributed by atoms with Crippen molar-refractivity contribution in [2.75, 3.05) is 6.61 Å². The molecule has 6 heteroatoms. The number of rotatable bonds is 4. The van der Waals surface area contributed by atoms with Gasteiger partial charge in [-0.15, -0.1) is 0 Å². The van der Waals surface area contributed by atoms with Gasteiger partial charge in [-0.2, -0.15) is 5.10 Å². The quantitative estimate of drug-likeness (QED) is 0.846. The smallest absolute Gasteiger partial charge is 0.357 e. The molecule has 0 aliphatic heterocycles. The van der Waals surface area contributed by atoms with E-state index in [1.165, 1.54) is 0 Å². The summed E-state index contributed by atoms with van der Waals surface area (Å²) in [6, 6.07) is 3.35. The highest BCUT2D eigenvalue weighted by Gasteiger charge is 2.16. The largest absolute Gasteiger partial charge is 0.461 e. The summed E-state index contributed by atoms with van der Waals surface area (Å²) in [5, 5.41) is 13.4. The Balaban J connectivity index is 2.59. The van der Waals surface area contributed by atoms with Gasteiger partial charge in [-0.3, -0.25) is 0 Å². The third kappa shape index (κ3) is 2.58. The molecule has 0 unspecified atom stereocenters. The Morgan fingerprint density at radius 1 is 1.47 bits per heavy atom. The molecule has 102 valence electrons. The summed E-state index contributed by atoms with van der Waals surface area (Å²) in [4.78, 5) is 16.0. The van der Waals surface area contributed by atoms with Crippen molar-refractivity contribution in [2.45, 2.75) is 33.3 Å². The van der Waals surface area contributed by atoms with Crippen LogP contribution in [-0.4, -0.2) is 32.3 Å². The van der Waals surface area contributed by atoms with Crippen molar-refractivity contribution in [2.24, 2.45) is 0 Å². The molecule has 0 radical (unpaired) electrons. The Kier molecular flexibility index (Phi) is 3.80. The number of nitrogens with zero attached hydrogens (tertiary/aromatic N) is 3. The van der Waals surface area contributed by atoms with Gasteiger partial charge in [0.2, 0.25) is 0 Å². The van der Waals surface area contributed by atoms with E-state index in [9.17, 15) is 4.79 Å². The molecule has 19 heavy (non-hydrogen) atoms. The van der Waals surface area contributed by atoms with Gasteiger partial charge in [-0.05, 0) is 18.9 Å². The van der Waals surface area contributed by atoms with Crippen LogP contribution >= 0.6 is 0 Å². The molecule has 6 nitrogen and oxygen atoms in total. The van der Waals surface area contributed by atoms with Crippen molar-refractivity contribution in [3.8, 4) is 0 Å². The number of aliphatic hydroxyl groups is 1. The summed E-state index contributed by atoms with van der Waals surface area (Å²) in [7, 11) is 0. The Bertz CT molecular complexity index is 604. The highest BCUT2D eigenvalue weighted by molar-refractivity contribution is 5.88. The van der Waals surface area contributed by atoms with E-state index < -0.39 is 5.97 Å². The molecular weight excluding hydrogens is 246 g/mol. The van der Waals surface area contributed by atoms with Crippen LogP contribution in [0.15, 0.2) is 12.1 Å². The van der Waals surface area contributed by atoms with Gasteiger partial charge in [0.15, 0.2) is 11.3 Å². The molecule has 0 saturated carbocycles. The number of hydrogen-bond acceptors (Lipinski definition) is 5. The maximum Gasteiger partial charge on any atom is 0.357 e. The van der Waals surface area contributed by atoms with E-state index in [2.05, 4.69) is 10.1 Å². The first-order valence-corrected chi connectivity index (χ1v) is 6.24. The lowest BCUT2D eigenvalue weighted by Crippen LogP contribution is -2.11. The van der Waals surface area contributed by atoms with Gasteiger partial charge in [0.25, 0.3) is 0 Å². The van der Waals surface area contributed by atoms with Crippen molar-refractivity contribution in [3.63, 3.8) is 0 Å². The van der Waals surface area contributed by atoms with E-state index in [4.69, 9.17) is 9.84 Å². The highest BCUT2D eigenvalue weighted by atomic mass is 16.5. The van der Waals surface area contributed by atoms with E-state index in [1.54, 1.807) is 23.6 Å². The second-order valence-electron chi connectivity index (χ2n) is 4.51. The lowest BCUT2D eigenvalue weighted by Gasteiger charge is -2.10. The monoisotopic (exact) mass is 263 g/mol. The Labute approximate surface area is 111 Å². The number of ether oxygens (including phenoxy) is 1. The molecule has 0 aromatic carbocycles. The van der Waals surface area contributed by atoms with Gasteiger partial charge >= 0.3 is 5.97 Å². The number of fused-ring (bicyclic) bond motifs is 1. The Morgan fingerprint density at radius 3 is 2.79 bits per heavy atom. The standard InChI is InChI=1S/C13H17N3O3/c1-4-19-13(18)10-6-11(8(2)3)16-12(14-10)5-9(7-17)15-16/h5-6,8,17H,4,7H2,1-3H3. The molecule has 0 saturated heterocycles. The van der Waals surface area contributed by atoms with Crippen LogP contribution in [0.4, 0.5) is 0 Å². The van der Waals surface area contributed by atoms with Gasteiger partial charge in [0, 0.05) is 11.8 Å². The van der Waals surface area contributed by atoms with Crippen LogP contribution in [0, 0.1) is 0 Å². The molecule has 0 aliphatic carbocycles. The number of esters is 1. The van der Waals surface area contributed by atoms with Crippen LogP contribution in [0.5, 0.6) is 0 Å². The predicted octanol–water partition coefficient (Wildman–Crippen LogP) is 1.52. The molecule has 0 spiro atoms. The second kappa shape index (κ2) is 5.36. The molecule has 0 aliphatic rings. The van der Waals surface area contributed by atoms with Crippen molar-refractivity contribution in [3.05, 3.63) is 29.2 Å². The van der Waals surface area contributed by atoms with E-state index in [1.807, 2.05) is 13.8 Å². The maximum absolute atomic E-state index is 11.8. The molecule has 0 amide bonds. The van der Waals surface area contributed by atoms with Crippen LogP contribution in [0.3, 0.4) is 0 Å². The minimum absolute atomic E-state index is 0.157. The average molecular weight is 263 g/mol. The third-order valence-electron chi connectivity index (χ3n) is 2.74. The fourth-order valence-electron chi connectivity index (χ4n) is 1.84. The van der Waals surface area contributed by atoms with Gasteiger partial charge in [0.1, 0.15) is 0 Å². The SMILES string of the molecule is CCOC(=O)c1cc(C(C)C)n2nc(CO)cc2n1. The van der Waals surface area contributed by atoms with Crippen LogP contribution in [0.25, 0.3) is 5.65 Å². The molecule has 2 aromatic rings. The van der Waals surface area contributed by atoms with E-state index in [0.29, 0.717) is 17.9 Å². The second-order valence-corrected chi connectivity index (χ2v) is 4.51. The van der Waals surface area contributed by atoms with Crippen molar-refractivity contribution >= 4 is 11.6 Å². The molecule has 1 N–H and O–H groups in total. The van der Waals surface area contributed by atoms with E-state index >= 15 is 0 Å². The summed E-state index contributed by atoms with van der Waals surface area (Å²) in [5.74, 6) is -0.274. The molecule has 2 aromatic heterocycles. The van der Waals surface area contributed by atoms with Crippen molar-refractivity contribution < 1.29 is 14.6 Å². The average Bonchev–Trinajstić information content (AvgIpc) is 2.80. The lowest BCUT2D eigenvalue weighted by atomic mass is 10.1. The molecule has 2 rings (SSSR count). The molecule has 0 bridgehead atoms. The first-order chi connectivity index (χ1) is 9.06. The molecule has 0 atom stereocenters. The zero-order valence-electron chi connectivity index (χ0n) is 11.3. The molecule has 0 fully saturated rings. The Morgan fingerprint density at radius 2 is 2.21 bits per heavy atom. The minimum Gasteiger partial charge on any atom is -0.461 e. The van der Waals surface area contributed by atoms with Crippen LogP contribution in [0.2, 0.25) is 0 Å². The van der Waals surface area contributed by atoms with Crippen molar-refractivity contribution in [1.82, 2.24) is 14.6 Å². The first kappa shape index (κ1) is 13.5. The third-order valence-corrected chi connectivity index (χ3v) is 2.74. The Hall–Kier alpha value is -1.95. The van der Waals surface area contributed by atoms with Crippen LogP contribution < -0.4 is 0 Å². The number of aromatic nitrogens is 3. The van der Waals surface area contributed by atoms with E-state index in [-0.39, 0.29) is 18.2 Å². The highest BCUT2D eigenvalue weighted by Crippen LogP contribution is 2.18. The molecule has 2 heterocycles.